The van der Waals surface area contributed by atoms with Crippen LogP contribution in [0.15, 0.2) is 78.9 Å². The molecule has 0 spiro atoms. The van der Waals surface area contributed by atoms with Crippen molar-refractivity contribution in [3.63, 3.8) is 0 Å². The van der Waals surface area contributed by atoms with Crippen LogP contribution in [0.1, 0.15) is 48.3 Å². The van der Waals surface area contributed by atoms with Gasteiger partial charge in [0.05, 0.1) is 12.2 Å². The molecule has 1 aliphatic rings. The fraction of sp³-hybridized carbons (Fsp3) is 0.240. The SMILES string of the molecule is CCCCCOc1ccc(N2C(=O)c3ccccc3N[C@@H]2c2ccccc2)cc1. The minimum absolute atomic E-state index is 0.00943. The third kappa shape index (κ3) is 4.11. The molecule has 3 aromatic carbocycles. The van der Waals surface area contributed by atoms with E-state index in [2.05, 4.69) is 12.2 Å². The predicted octanol–water partition coefficient (Wildman–Crippen LogP) is 6.03. The highest BCUT2D eigenvalue weighted by Crippen LogP contribution is 2.37. The lowest BCUT2D eigenvalue weighted by Gasteiger charge is -2.38. The van der Waals surface area contributed by atoms with Crippen molar-refractivity contribution in [2.24, 2.45) is 0 Å². The number of amides is 1. The van der Waals surface area contributed by atoms with E-state index < -0.39 is 0 Å². The number of unbranched alkanes of at least 4 members (excludes halogenated alkanes) is 2. The molecule has 4 heteroatoms. The standard InChI is InChI=1S/C25H26N2O2/c1-2-3-9-18-29-21-16-14-20(15-17-21)27-24(19-10-5-4-6-11-19)26-23-13-8-7-12-22(23)25(27)28/h4-8,10-17,24,26H,2-3,9,18H2,1H3/t24-/m0/s1. The van der Waals surface area contributed by atoms with Crippen LogP contribution >= 0.6 is 0 Å². The minimum Gasteiger partial charge on any atom is -0.494 e. The second-order valence-corrected chi connectivity index (χ2v) is 7.23. The van der Waals surface area contributed by atoms with Crippen molar-refractivity contribution in [3.8, 4) is 5.75 Å². The molecule has 0 fully saturated rings. The van der Waals surface area contributed by atoms with Gasteiger partial charge >= 0.3 is 0 Å². The summed E-state index contributed by atoms with van der Waals surface area (Å²) in [4.78, 5) is 15.2. The number of rotatable bonds is 7. The Morgan fingerprint density at radius 1 is 0.897 bits per heavy atom. The van der Waals surface area contributed by atoms with Gasteiger partial charge in [0.2, 0.25) is 0 Å². The van der Waals surface area contributed by atoms with Crippen LogP contribution < -0.4 is 15.0 Å². The Kier molecular flexibility index (Phi) is 5.80. The van der Waals surface area contributed by atoms with E-state index in [0.717, 1.165) is 35.7 Å². The van der Waals surface area contributed by atoms with Gasteiger partial charge in [-0.15, -0.1) is 0 Å². The molecule has 1 N–H and O–H groups in total. The molecule has 1 amide bonds. The molecule has 0 saturated carbocycles. The first-order valence-corrected chi connectivity index (χ1v) is 10.2. The van der Waals surface area contributed by atoms with Gasteiger partial charge in [-0.1, -0.05) is 62.2 Å². The lowest BCUT2D eigenvalue weighted by molar-refractivity contribution is 0.0975. The van der Waals surface area contributed by atoms with Crippen LogP contribution in [0, 0.1) is 0 Å². The van der Waals surface area contributed by atoms with Crippen molar-refractivity contribution in [1.29, 1.82) is 0 Å². The van der Waals surface area contributed by atoms with Gasteiger partial charge in [-0.3, -0.25) is 9.69 Å². The van der Waals surface area contributed by atoms with Gasteiger partial charge in [0, 0.05) is 11.4 Å². The Morgan fingerprint density at radius 3 is 2.38 bits per heavy atom. The molecular formula is C25H26N2O2. The normalized spacial score (nSPS) is 15.6. The van der Waals surface area contributed by atoms with E-state index in [1.807, 2.05) is 83.8 Å². The number of carbonyl (C=O) groups is 1. The monoisotopic (exact) mass is 386 g/mol. The first-order valence-electron chi connectivity index (χ1n) is 10.2. The number of ether oxygens (including phenoxy) is 1. The van der Waals surface area contributed by atoms with Crippen molar-refractivity contribution < 1.29 is 9.53 Å². The van der Waals surface area contributed by atoms with E-state index in [0.29, 0.717) is 5.56 Å². The van der Waals surface area contributed by atoms with E-state index >= 15 is 0 Å². The molecule has 29 heavy (non-hydrogen) atoms. The second-order valence-electron chi connectivity index (χ2n) is 7.23. The molecule has 1 heterocycles. The van der Waals surface area contributed by atoms with Crippen molar-refractivity contribution in [3.05, 3.63) is 90.0 Å². The van der Waals surface area contributed by atoms with E-state index in [1.54, 1.807) is 0 Å². The smallest absolute Gasteiger partial charge is 0.262 e. The maximum atomic E-state index is 13.4. The number of hydrogen-bond donors (Lipinski definition) is 1. The van der Waals surface area contributed by atoms with Gasteiger partial charge in [-0.05, 0) is 48.4 Å². The largest absolute Gasteiger partial charge is 0.494 e. The van der Waals surface area contributed by atoms with Crippen molar-refractivity contribution >= 4 is 17.3 Å². The number of anilines is 2. The number of carbonyl (C=O) groups excluding carboxylic acids is 1. The molecule has 1 atom stereocenters. The molecule has 4 rings (SSSR count). The Bertz CT molecular complexity index is 954. The van der Waals surface area contributed by atoms with Crippen LogP contribution in [0.3, 0.4) is 0 Å². The van der Waals surface area contributed by atoms with E-state index in [-0.39, 0.29) is 12.1 Å². The van der Waals surface area contributed by atoms with Crippen molar-refractivity contribution in [2.45, 2.75) is 32.4 Å². The zero-order valence-electron chi connectivity index (χ0n) is 16.7. The molecule has 4 nitrogen and oxygen atoms in total. The quantitative estimate of drug-likeness (QED) is 0.504. The Morgan fingerprint density at radius 2 is 1.62 bits per heavy atom. The van der Waals surface area contributed by atoms with Crippen molar-refractivity contribution in [1.82, 2.24) is 0 Å². The van der Waals surface area contributed by atoms with Gasteiger partial charge in [0.25, 0.3) is 5.91 Å². The van der Waals surface area contributed by atoms with Crippen LogP contribution in [-0.4, -0.2) is 12.5 Å². The zero-order valence-corrected chi connectivity index (χ0v) is 16.7. The summed E-state index contributed by atoms with van der Waals surface area (Å²) in [5, 5.41) is 3.53. The molecule has 0 radical (unpaired) electrons. The summed E-state index contributed by atoms with van der Waals surface area (Å²) in [7, 11) is 0. The molecule has 148 valence electrons. The van der Waals surface area contributed by atoms with E-state index in [9.17, 15) is 4.79 Å². The number of hydrogen-bond acceptors (Lipinski definition) is 3. The zero-order chi connectivity index (χ0) is 20.1. The second kappa shape index (κ2) is 8.82. The van der Waals surface area contributed by atoms with E-state index in [1.165, 1.54) is 12.8 Å². The summed E-state index contributed by atoms with van der Waals surface area (Å²) in [6, 6.07) is 25.5. The highest BCUT2D eigenvalue weighted by Gasteiger charge is 2.33. The summed E-state index contributed by atoms with van der Waals surface area (Å²) < 4.78 is 5.83. The fourth-order valence-corrected chi connectivity index (χ4v) is 3.63. The Hall–Kier alpha value is -3.27. The molecule has 3 aromatic rings. The highest BCUT2D eigenvalue weighted by molar-refractivity contribution is 6.12. The number of nitrogens with one attached hydrogen (secondary N) is 1. The summed E-state index contributed by atoms with van der Waals surface area (Å²) >= 11 is 0. The Balaban J connectivity index is 1.63. The lowest BCUT2D eigenvalue weighted by atomic mass is 10.0. The van der Waals surface area contributed by atoms with Gasteiger partial charge in [0.15, 0.2) is 0 Å². The molecule has 0 aromatic heterocycles. The molecule has 1 aliphatic heterocycles. The third-order valence-corrected chi connectivity index (χ3v) is 5.17. The third-order valence-electron chi connectivity index (χ3n) is 5.17. The highest BCUT2D eigenvalue weighted by atomic mass is 16.5. The summed E-state index contributed by atoms with van der Waals surface area (Å²) in [6.07, 6.45) is 3.13. The fourth-order valence-electron chi connectivity index (χ4n) is 3.63. The topological polar surface area (TPSA) is 41.6 Å². The number of nitrogens with zero attached hydrogens (tertiary/aromatic N) is 1. The summed E-state index contributed by atoms with van der Waals surface area (Å²) in [6.45, 7) is 2.90. The van der Waals surface area contributed by atoms with Crippen LogP contribution in [0.4, 0.5) is 11.4 Å². The van der Waals surface area contributed by atoms with Crippen LogP contribution in [0.5, 0.6) is 5.75 Å². The van der Waals surface area contributed by atoms with Crippen LogP contribution in [0.25, 0.3) is 0 Å². The number of para-hydroxylation sites is 1. The maximum absolute atomic E-state index is 13.4. The molecule has 0 aliphatic carbocycles. The molecule has 0 unspecified atom stereocenters. The molecule has 0 bridgehead atoms. The average Bonchev–Trinajstić information content (AvgIpc) is 2.78. The molecule has 0 saturated heterocycles. The number of fused-ring (bicyclic) bond motifs is 1. The van der Waals surface area contributed by atoms with Gasteiger partial charge in [-0.2, -0.15) is 0 Å². The minimum atomic E-state index is -0.269. The van der Waals surface area contributed by atoms with Crippen LogP contribution in [-0.2, 0) is 0 Å². The first-order chi connectivity index (χ1) is 14.3. The number of benzene rings is 3. The van der Waals surface area contributed by atoms with Gasteiger partial charge in [0.1, 0.15) is 11.9 Å². The predicted molar refractivity (Wildman–Crippen MR) is 118 cm³/mol. The van der Waals surface area contributed by atoms with Crippen LogP contribution in [0.2, 0.25) is 0 Å². The van der Waals surface area contributed by atoms with Gasteiger partial charge in [-0.25, -0.2) is 0 Å². The molecular weight excluding hydrogens is 360 g/mol. The Labute approximate surface area is 172 Å². The first kappa shape index (κ1) is 19.1. The van der Waals surface area contributed by atoms with Gasteiger partial charge < -0.3 is 10.1 Å². The maximum Gasteiger partial charge on any atom is 0.262 e. The summed E-state index contributed by atoms with van der Waals surface area (Å²) in [5.74, 6) is 0.823. The lowest BCUT2D eigenvalue weighted by Crippen LogP contribution is -2.43. The average molecular weight is 386 g/mol. The van der Waals surface area contributed by atoms with Crippen molar-refractivity contribution in [2.75, 3.05) is 16.8 Å². The van der Waals surface area contributed by atoms with E-state index in [4.69, 9.17) is 4.74 Å². The summed E-state index contributed by atoms with van der Waals surface area (Å²) in [5.41, 5.74) is 3.42.